The Hall–Kier alpha value is -2.79. The first-order chi connectivity index (χ1) is 11.0. The zero-order chi connectivity index (χ0) is 16.8. The number of aromatic carboxylic acids is 1. The Morgan fingerprint density at radius 2 is 2.00 bits per heavy atom. The molecule has 0 radical (unpaired) electrons. The molecule has 0 unspecified atom stereocenters. The van der Waals surface area contributed by atoms with E-state index in [0.29, 0.717) is 22.0 Å². The summed E-state index contributed by atoms with van der Waals surface area (Å²) in [6, 6.07) is 11.1. The number of carbonyl (C=O) groups is 2. The maximum absolute atomic E-state index is 11.9. The highest BCUT2D eigenvalue weighted by atomic mass is 35.5. The second-order valence-electron chi connectivity index (χ2n) is 4.59. The number of rotatable bonds is 5. The minimum atomic E-state index is -1.06. The fraction of sp³-hybridized carbons (Fsp3) is 0.0588. The van der Waals surface area contributed by atoms with Crippen molar-refractivity contribution in [2.45, 2.75) is 0 Å². The maximum Gasteiger partial charge on any atom is 0.335 e. The molecule has 0 fully saturated rings. The van der Waals surface area contributed by atoms with Gasteiger partial charge in [0, 0.05) is 22.3 Å². The van der Waals surface area contributed by atoms with Crippen molar-refractivity contribution in [3.05, 3.63) is 64.7 Å². The fourth-order valence-corrected chi connectivity index (χ4v) is 2.10. The number of carboxylic acid groups (broad SMARTS) is 1. The van der Waals surface area contributed by atoms with Gasteiger partial charge in [0.05, 0.1) is 12.7 Å². The summed E-state index contributed by atoms with van der Waals surface area (Å²) >= 11 is 5.92. The van der Waals surface area contributed by atoms with Crippen LogP contribution >= 0.6 is 11.6 Å². The van der Waals surface area contributed by atoms with Crippen LogP contribution in [0.25, 0.3) is 6.08 Å². The van der Waals surface area contributed by atoms with E-state index in [-0.39, 0.29) is 5.56 Å². The number of amides is 1. The number of nitrogens with one attached hydrogen (secondary N) is 1. The van der Waals surface area contributed by atoms with Gasteiger partial charge < -0.3 is 15.2 Å². The van der Waals surface area contributed by atoms with E-state index >= 15 is 0 Å². The molecule has 0 aromatic heterocycles. The van der Waals surface area contributed by atoms with Gasteiger partial charge in [0.2, 0.25) is 5.91 Å². The van der Waals surface area contributed by atoms with Crippen molar-refractivity contribution in [2.75, 3.05) is 12.4 Å². The average molecular weight is 332 g/mol. The number of anilines is 1. The van der Waals surface area contributed by atoms with Crippen LogP contribution < -0.4 is 10.1 Å². The number of carboxylic acids is 1. The molecule has 118 valence electrons. The maximum atomic E-state index is 11.9. The standard InChI is InChI=1S/C17H14ClNO4/c1-23-15-7-6-13(18)9-11(15)5-8-16(20)19-14-4-2-3-12(10-14)17(21)22/h2-10H,1H3,(H,19,20)(H,21,22)/b8-5+. The molecule has 6 heteroatoms. The lowest BCUT2D eigenvalue weighted by Crippen LogP contribution is -2.08. The van der Waals surface area contributed by atoms with Crippen LogP contribution in [0.5, 0.6) is 5.75 Å². The third kappa shape index (κ3) is 4.59. The van der Waals surface area contributed by atoms with E-state index in [1.165, 1.54) is 25.3 Å². The summed E-state index contributed by atoms with van der Waals surface area (Å²) in [5, 5.41) is 12.1. The van der Waals surface area contributed by atoms with Crippen molar-refractivity contribution >= 4 is 35.2 Å². The predicted molar refractivity (Wildman–Crippen MR) is 89.1 cm³/mol. The quantitative estimate of drug-likeness (QED) is 0.819. The van der Waals surface area contributed by atoms with Crippen molar-refractivity contribution in [1.29, 1.82) is 0 Å². The number of benzene rings is 2. The highest BCUT2D eigenvalue weighted by Crippen LogP contribution is 2.23. The molecule has 1 amide bonds. The van der Waals surface area contributed by atoms with E-state index in [1.807, 2.05) is 0 Å². The van der Waals surface area contributed by atoms with Gasteiger partial charge in [-0.25, -0.2) is 4.79 Å². The van der Waals surface area contributed by atoms with Crippen molar-refractivity contribution in [1.82, 2.24) is 0 Å². The average Bonchev–Trinajstić information content (AvgIpc) is 2.53. The van der Waals surface area contributed by atoms with E-state index in [2.05, 4.69) is 5.32 Å². The summed E-state index contributed by atoms with van der Waals surface area (Å²) in [5.74, 6) is -0.860. The number of hydrogen-bond acceptors (Lipinski definition) is 3. The molecule has 2 rings (SSSR count). The van der Waals surface area contributed by atoms with Crippen LogP contribution in [0, 0.1) is 0 Å². The lowest BCUT2D eigenvalue weighted by Gasteiger charge is -2.05. The Morgan fingerprint density at radius 3 is 2.70 bits per heavy atom. The molecular formula is C17H14ClNO4. The summed E-state index contributed by atoms with van der Waals surface area (Å²) in [6.07, 6.45) is 2.89. The third-order valence-corrected chi connectivity index (χ3v) is 3.22. The lowest BCUT2D eigenvalue weighted by molar-refractivity contribution is -0.111. The fourth-order valence-electron chi connectivity index (χ4n) is 1.91. The smallest absolute Gasteiger partial charge is 0.335 e. The number of ether oxygens (including phenoxy) is 1. The van der Waals surface area contributed by atoms with Crippen molar-refractivity contribution < 1.29 is 19.4 Å². The monoisotopic (exact) mass is 331 g/mol. The normalized spacial score (nSPS) is 10.5. The van der Waals surface area contributed by atoms with Crippen molar-refractivity contribution in [2.24, 2.45) is 0 Å². The van der Waals surface area contributed by atoms with Crippen LogP contribution in [0.1, 0.15) is 15.9 Å². The van der Waals surface area contributed by atoms with Gasteiger partial charge in [-0.15, -0.1) is 0 Å². The molecule has 2 aromatic carbocycles. The second kappa shape index (κ2) is 7.47. The second-order valence-corrected chi connectivity index (χ2v) is 5.03. The van der Waals surface area contributed by atoms with Crippen LogP contribution in [0.3, 0.4) is 0 Å². The molecule has 5 nitrogen and oxygen atoms in total. The highest BCUT2D eigenvalue weighted by Gasteiger charge is 2.05. The first kappa shape index (κ1) is 16.6. The van der Waals surface area contributed by atoms with Gasteiger partial charge in [-0.1, -0.05) is 17.7 Å². The molecule has 0 spiro atoms. The molecule has 23 heavy (non-hydrogen) atoms. The van der Waals surface area contributed by atoms with E-state index < -0.39 is 11.9 Å². The summed E-state index contributed by atoms with van der Waals surface area (Å²) in [7, 11) is 1.53. The molecule has 0 aliphatic rings. The molecule has 0 aliphatic carbocycles. The van der Waals surface area contributed by atoms with E-state index in [4.69, 9.17) is 21.4 Å². The summed E-state index contributed by atoms with van der Waals surface area (Å²) in [6.45, 7) is 0. The van der Waals surface area contributed by atoms with Gasteiger partial charge in [0.25, 0.3) is 0 Å². The Labute approximate surface area is 138 Å². The minimum Gasteiger partial charge on any atom is -0.496 e. The van der Waals surface area contributed by atoms with Gasteiger partial charge in [-0.2, -0.15) is 0 Å². The summed E-state index contributed by atoms with van der Waals surface area (Å²) in [4.78, 5) is 22.8. The summed E-state index contributed by atoms with van der Waals surface area (Å²) in [5.41, 5.74) is 1.16. The topological polar surface area (TPSA) is 75.6 Å². The van der Waals surface area contributed by atoms with Crippen LogP contribution in [-0.2, 0) is 4.79 Å². The van der Waals surface area contributed by atoms with Crippen LogP contribution in [0.4, 0.5) is 5.69 Å². The molecule has 0 heterocycles. The molecule has 2 aromatic rings. The SMILES string of the molecule is COc1ccc(Cl)cc1/C=C/C(=O)Nc1cccc(C(=O)O)c1. The van der Waals surface area contributed by atoms with Crippen LogP contribution in [0.2, 0.25) is 5.02 Å². The Morgan fingerprint density at radius 1 is 1.22 bits per heavy atom. The molecule has 0 saturated carbocycles. The number of carbonyl (C=O) groups excluding carboxylic acids is 1. The van der Waals surface area contributed by atoms with Crippen LogP contribution in [0.15, 0.2) is 48.5 Å². The molecule has 0 saturated heterocycles. The number of halogens is 1. The Kier molecular flexibility index (Phi) is 5.38. The van der Waals surface area contributed by atoms with Crippen molar-refractivity contribution in [3.63, 3.8) is 0 Å². The van der Waals surface area contributed by atoms with Gasteiger partial charge in [0.1, 0.15) is 5.75 Å². The van der Waals surface area contributed by atoms with E-state index in [0.717, 1.165) is 0 Å². The molecular weight excluding hydrogens is 318 g/mol. The van der Waals surface area contributed by atoms with E-state index in [1.54, 1.807) is 36.4 Å². The molecule has 0 aliphatic heterocycles. The predicted octanol–water partition coefficient (Wildman–Crippen LogP) is 3.70. The summed E-state index contributed by atoms with van der Waals surface area (Å²) < 4.78 is 5.19. The Balaban J connectivity index is 2.12. The van der Waals surface area contributed by atoms with Gasteiger partial charge in [0.15, 0.2) is 0 Å². The number of methoxy groups -OCH3 is 1. The zero-order valence-corrected chi connectivity index (χ0v) is 13.0. The van der Waals surface area contributed by atoms with Gasteiger partial charge in [-0.05, 0) is 42.5 Å². The first-order valence-electron chi connectivity index (χ1n) is 6.65. The molecule has 2 N–H and O–H groups in total. The van der Waals surface area contributed by atoms with Crippen LogP contribution in [-0.4, -0.2) is 24.1 Å². The largest absolute Gasteiger partial charge is 0.496 e. The van der Waals surface area contributed by atoms with E-state index in [9.17, 15) is 9.59 Å². The highest BCUT2D eigenvalue weighted by molar-refractivity contribution is 6.30. The van der Waals surface area contributed by atoms with Gasteiger partial charge >= 0.3 is 5.97 Å². The number of hydrogen-bond donors (Lipinski definition) is 2. The third-order valence-electron chi connectivity index (χ3n) is 2.98. The van der Waals surface area contributed by atoms with Gasteiger partial charge in [-0.3, -0.25) is 4.79 Å². The van der Waals surface area contributed by atoms with Crippen molar-refractivity contribution in [3.8, 4) is 5.75 Å². The first-order valence-corrected chi connectivity index (χ1v) is 7.03. The molecule has 0 bridgehead atoms. The Bertz CT molecular complexity index is 771. The molecule has 0 atom stereocenters. The zero-order valence-electron chi connectivity index (χ0n) is 12.2. The minimum absolute atomic E-state index is 0.100. The lowest BCUT2D eigenvalue weighted by atomic mass is 10.2.